The van der Waals surface area contributed by atoms with Crippen molar-refractivity contribution < 1.29 is 14.3 Å². The predicted octanol–water partition coefficient (Wildman–Crippen LogP) is 0.343. The van der Waals surface area contributed by atoms with Crippen molar-refractivity contribution >= 4 is 12.3 Å². The number of allylic oxidation sites excluding steroid dienone is 1. The third-order valence-electron chi connectivity index (χ3n) is 1.71. The number of methoxy groups -OCH3 is 1. The lowest BCUT2D eigenvalue weighted by molar-refractivity contribution is -0.118. The first-order valence-electron chi connectivity index (χ1n) is 4.98. The van der Waals surface area contributed by atoms with Crippen molar-refractivity contribution in [3.63, 3.8) is 0 Å². The second kappa shape index (κ2) is 8.67. The van der Waals surface area contributed by atoms with E-state index in [-0.39, 0.29) is 11.9 Å². The molecule has 0 aromatic rings. The fourth-order valence-corrected chi connectivity index (χ4v) is 1.09. The lowest BCUT2D eigenvalue weighted by Gasteiger charge is -2.12. The van der Waals surface area contributed by atoms with Crippen molar-refractivity contribution in [2.75, 3.05) is 13.7 Å². The molecule has 90 valence electrons. The normalized spacial score (nSPS) is 13.6. The molecule has 0 aliphatic rings. The van der Waals surface area contributed by atoms with Gasteiger partial charge in [0.05, 0.1) is 12.2 Å². The molecule has 1 unspecified atom stereocenters. The molecule has 1 atom stereocenters. The molecule has 0 heterocycles. The Morgan fingerprint density at radius 1 is 1.50 bits per heavy atom. The minimum absolute atomic E-state index is 0.0811. The average molecular weight is 226 g/mol. The highest BCUT2D eigenvalue weighted by Gasteiger charge is 2.09. The highest BCUT2D eigenvalue weighted by atomic mass is 16.5. The van der Waals surface area contributed by atoms with Crippen LogP contribution in [0.5, 0.6) is 0 Å². The minimum Gasteiger partial charge on any atom is -0.383 e. The van der Waals surface area contributed by atoms with E-state index in [1.165, 1.54) is 6.20 Å². The van der Waals surface area contributed by atoms with Crippen LogP contribution in [0.25, 0.3) is 0 Å². The molecule has 0 fully saturated rings. The van der Waals surface area contributed by atoms with Crippen molar-refractivity contribution in [1.29, 1.82) is 0 Å². The summed E-state index contributed by atoms with van der Waals surface area (Å²) in [7, 11) is 1.57. The van der Waals surface area contributed by atoms with Crippen molar-refractivity contribution in [2.45, 2.75) is 19.9 Å². The quantitative estimate of drug-likeness (QED) is 0.374. The van der Waals surface area contributed by atoms with E-state index >= 15 is 0 Å². The highest BCUT2D eigenvalue weighted by molar-refractivity contribution is 5.96. The Bertz CT molecular complexity index is 285. The fraction of sp³-hybridized carbons (Fsp3) is 0.455. The van der Waals surface area contributed by atoms with E-state index in [4.69, 9.17) is 4.74 Å². The van der Waals surface area contributed by atoms with E-state index in [0.717, 1.165) is 0 Å². The zero-order valence-electron chi connectivity index (χ0n) is 9.82. The summed E-state index contributed by atoms with van der Waals surface area (Å²) >= 11 is 0. The smallest absolute Gasteiger partial charge is 0.253 e. The molecule has 0 saturated carbocycles. The summed E-state index contributed by atoms with van der Waals surface area (Å²) in [5.74, 6) is -0.253. The minimum atomic E-state index is -0.253. The molecule has 0 radical (unpaired) electrons. The van der Waals surface area contributed by atoms with E-state index in [1.807, 2.05) is 6.92 Å². The Morgan fingerprint density at radius 3 is 2.69 bits per heavy atom. The number of ether oxygens (including phenoxy) is 1. The third-order valence-corrected chi connectivity index (χ3v) is 1.71. The van der Waals surface area contributed by atoms with Gasteiger partial charge in [0.1, 0.15) is 0 Å². The topological polar surface area (TPSA) is 67.4 Å². The summed E-state index contributed by atoms with van der Waals surface area (Å²) in [6, 6.07) is -0.0811. The van der Waals surface area contributed by atoms with E-state index < -0.39 is 0 Å². The van der Waals surface area contributed by atoms with Crippen LogP contribution in [0.2, 0.25) is 0 Å². The van der Waals surface area contributed by atoms with Crippen LogP contribution in [0.3, 0.4) is 0 Å². The predicted molar refractivity (Wildman–Crippen MR) is 61.6 cm³/mol. The number of rotatable bonds is 7. The first-order valence-corrected chi connectivity index (χ1v) is 4.98. The van der Waals surface area contributed by atoms with Gasteiger partial charge in [-0.25, -0.2) is 0 Å². The molecule has 0 aliphatic carbocycles. The van der Waals surface area contributed by atoms with Gasteiger partial charge in [-0.3, -0.25) is 9.59 Å². The molecule has 0 bridgehead atoms. The van der Waals surface area contributed by atoms with Crippen molar-refractivity contribution in [1.82, 2.24) is 10.6 Å². The number of carbonyl (C=O) groups excluding carboxylic acids is 2. The van der Waals surface area contributed by atoms with E-state index in [1.54, 1.807) is 26.2 Å². The third kappa shape index (κ3) is 5.98. The Kier molecular flexibility index (Phi) is 7.79. The first-order chi connectivity index (χ1) is 7.65. The largest absolute Gasteiger partial charge is 0.383 e. The maximum atomic E-state index is 11.7. The molecule has 0 aromatic heterocycles. The molecule has 2 amide bonds. The Balaban J connectivity index is 4.44. The van der Waals surface area contributed by atoms with Gasteiger partial charge < -0.3 is 15.4 Å². The van der Waals surface area contributed by atoms with Gasteiger partial charge in [0, 0.05) is 19.4 Å². The summed E-state index contributed by atoms with van der Waals surface area (Å²) in [6.07, 6.45) is 5.20. The summed E-state index contributed by atoms with van der Waals surface area (Å²) in [6.45, 7) is 4.07. The van der Waals surface area contributed by atoms with Crippen molar-refractivity contribution in [2.24, 2.45) is 0 Å². The summed E-state index contributed by atoms with van der Waals surface area (Å²) in [4.78, 5) is 21.8. The van der Waals surface area contributed by atoms with Crippen molar-refractivity contribution in [3.05, 3.63) is 23.9 Å². The van der Waals surface area contributed by atoms with E-state index in [2.05, 4.69) is 10.6 Å². The molecule has 0 spiro atoms. The van der Waals surface area contributed by atoms with E-state index in [0.29, 0.717) is 18.6 Å². The van der Waals surface area contributed by atoms with Crippen LogP contribution in [-0.4, -0.2) is 32.1 Å². The molecule has 0 saturated heterocycles. The number of carbonyl (C=O) groups is 2. The molecule has 2 N–H and O–H groups in total. The lowest BCUT2D eigenvalue weighted by atomic mass is 10.2. The Labute approximate surface area is 95.5 Å². The molecular weight excluding hydrogens is 208 g/mol. The molecule has 0 rings (SSSR count). The van der Waals surface area contributed by atoms with Gasteiger partial charge in [0.2, 0.25) is 6.41 Å². The molecule has 0 aromatic carbocycles. The average Bonchev–Trinajstić information content (AvgIpc) is 2.24. The fourth-order valence-electron chi connectivity index (χ4n) is 1.09. The van der Waals surface area contributed by atoms with Crippen LogP contribution in [0.1, 0.15) is 13.8 Å². The summed E-state index contributed by atoms with van der Waals surface area (Å²) in [5, 5.41) is 5.07. The zero-order chi connectivity index (χ0) is 12.4. The van der Waals surface area contributed by atoms with Gasteiger partial charge in [-0.2, -0.15) is 0 Å². The molecule has 5 nitrogen and oxygen atoms in total. The van der Waals surface area contributed by atoms with Gasteiger partial charge in [-0.15, -0.1) is 0 Å². The lowest BCUT2D eigenvalue weighted by Crippen LogP contribution is -2.36. The van der Waals surface area contributed by atoms with Gasteiger partial charge >= 0.3 is 0 Å². The monoisotopic (exact) mass is 226 g/mol. The van der Waals surface area contributed by atoms with Crippen LogP contribution in [0, 0.1) is 0 Å². The number of nitrogens with one attached hydrogen (secondary N) is 2. The number of hydrogen-bond acceptors (Lipinski definition) is 3. The van der Waals surface area contributed by atoms with Gasteiger partial charge in [0.25, 0.3) is 5.91 Å². The molecule has 5 heteroatoms. The number of amides is 2. The number of hydrogen-bond donors (Lipinski definition) is 2. The van der Waals surface area contributed by atoms with Gasteiger partial charge in [-0.1, -0.05) is 12.2 Å². The van der Waals surface area contributed by atoms with Crippen molar-refractivity contribution in [3.8, 4) is 0 Å². The highest BCUT2D eigenvalue weighted by Crippen LogP contribution is 1.97. The zero-order valence-corrected chi connectivity index (χ0v) is 9.82. The van der Waals surface area contributed by atoms with Crippen LogP contribution in [0.15, 0.2) is 23.9 Å². The maximum Gasteiger partial charge on any atom is 0.253 e. The van der Waals surface area contributed by atoms with Gasteiger partial charge in [0.15, 0.2) is 0 Å². The molecular formula is C11H18N2O3. The maximum absolute atomic E-state index is 11.7. The Morgan fingerprint density at radius 2 is 2.19 bits per heavy atom. The first kappa shape index (κ1) is 14.4. The molecule has 16 heavy (non-hydrogen) atoms. The van der Waals surface area contributed by atoms with E-state index in [9.17, 15) is 9.59 Å². The van der Waals surface area contributed by atoms with Crippen LogP contribution < -0.4 is 10.6 Å². The Hall–Kier alpha value is -1.62. The van der Waals surface area contributed by atoms with Crippen LogP contribution >= 0.6 is 0 Å². The summed E-state index contributed by atoms with van der Waals surface area (Å²) < 4.78 is 4.90. The van der Waals surface area contributed by atoms with Gasteiger partial charge in [-0.05, 0) is 13.8 Å². The second-order valence-electron chi connectivity index (χ2n) is 3.21. The van der Waals surface area contributed by atoms with Crippen LogP contribution in [0.4, 0.5) is 0 Å². The molecule has 0 aliphatic heterocycles. The second-order valence-corrected chi connectivity index (χ2v) is 3.21. The summed E-state index contributed by atoms with van der Waals surface area (Å²) in [5.41, 5.74) is 0.387. The van der Waals surface area contributed by atoms with Crippen LogP contribution in [-0.2, 0) is 14.3 Å². The SMILES string of the molecule is C/C=C\C(=C/NC=O)C(=O)NC(C)COC. The standard InChI is InChI=1S/C11H18N2O3/c1-4-5-10(6-12-8-14)11(15)13-9(2)7-16-3/h4-6,8-9H,7H2,1-3H3,(H,12,14)(H,13,15)/b5-4-,10-6+.